The number of halogens is 5. The number of H-pyrrole nitrogens is 1. The van der Waals surface area contributed by atoms with Crippen molar-refractivity contribution in [3.8, 4) is 22.8 Å². The first-order valence-electron chi connectivity index (χ1n) is 10.8. The SMILES string of the molecule is CC(C)(C(=O)NCc1ccc(Cl)c(-c2nc(-c3ccc(F)c(C4CC4)c3)nc(=O)[nH]2)c1)C(F)(F)F. The Morgan fingerprint density at radius 3 is 2.51 bits per heavy atom. The molecule has 6 nitrogen and oxygen atoms in total. The number of benzene rings is 2. The van der Waals surface area contributed by atoms with Crippen LogP contribution in [0.5, 0.6) is 0 Å². The zero-order valence-corrected chi connectivity index (χ0v) is 19.5. The molecule has 1 amide bonds. The number of hydrogen-bond donors (Lipinski definition) is 2. The molecule has 0 aliphatic heterocycles. The minimum absolute atomic E-state index is 0.0751. The largest absolute Gasteiger partial charge is 0.402 e. The molecule has 184 valence electrons. The summed E-state index contributed by atoms with van der Waals surface area (Å²) in [5, 5.41) is 2.49. The van der Waals surface area contributed by atoms with Crippen LogP contribution in [0.15, 0.2) is 41.2 Å². The molecule has 1 aliphatic carbocycles. The highest BCUT2D eigenvalue weighted by Gasteiger charge is 2.52. The predicted molar refractivity (Wildman–Crippen MR) is 122 cm³/mol. The zero-order chi connectivity index (χ0) is 25.5. The lowest BCUT2D eigenvalue weighted by molar-refractivity contribution is -0.211. The van der Waals surface area contributed by atoms with Crippen LogP contribution in [0.4, 0.5) is 17.6 Å². The van der Waals surface area contributed by atoms with Gasteiger partial charge in [-0.1, -0.05) is 17.7 Å². The lowest BCUT2D eigenvalue weighted by Crippen LogP contribution is -2.46. The van der Waals surface area contributed by atoms with Gasteiger partial charge >= 0.3 is 11.9 Å². The first-order valence-corrected chi connectivity index (χ1v) is 11.2. The van der Waals surface area contributed by atoms with Gasteiger partial charge in [0.2, 0.25) is 5.91 Å². The van der Waals surface area contributed by atoms with E-state index in [1.807, 2.05) is 0 Å². The van der Waals surface area contributed by atoms with Crippen LogP contribution >= 0.6 is 11.6 Å². The molecule has 0 radical (unpaired) electrons. The zero-order valence-electron chi connectivity index (χ0n) is 18.8. The van der Waals surface area contributed by atoms with Gasteiger partial charge in [0, 0.05) is 17.7 Å². The van der Waals surface area contributed by atoms with E-state index in [1.165, 1.54) is 30.3 Å². The Hall–Kier alpha value is -3.27. The Bertz CT molecular complexity index is 1350. The summed E-state index contributed by atoms with van der Waals surface area (Å²) in [6, 6.07) is 8.94. The van der Waals surface area contributed by atoms with E-state index in [0.29, 0.717) is 22.3 Å². The summed E-state index contributed by atoms with van der Waals surface area (Å²) in [6.45, 7) is 1.40. The molecule has 1 fully saturated rings. The highest BCUT2D eigenvalue weighted by atomic mass is 35.5. The third-order valence-electron chi connectivity index (χ3n) is 5.94. The molecule has 0 atom stereocenters. The second kappa shape index (κ2) is 9.07. The topological polar surface area (TPSA) is 87.7 Å². The van der Waals surface area contributed by atoms with Crippen LogP contribution in [0.3, 0.4) is 0 Å². The summed E-state index contributed by atoms with van der Waals surface area (Å²) in [7, 11) is 0. The molecule has 0 bridgehead atoms. The van der Waals surface area contributed by atoms with Gasteiger partial charge in [0.25, 0.3) is 0 Å². The van der Waals surface area contributed by atoms with Crippen molar-refractivity contribution in [1.29, 1.82) is 0 Å². The van der Waals surface area contributed by atoms with E-state index < -0.39 is 23.2 Å². The molecule has 1 aromatic heterocycles. The Labute approximate surface area is 202 Å². The van der Waals surface area contributed by atoms with Gasteiger partial charge in [-0.05, 0) is 74.1 Å². The van der Waals surface area contributed by atoms with Crippen LogP contribution in [0, 0.1) is 11.2 Å². The van der Waals surface area contributed by atoms with E-state index >= 15 is 0 Å². The summed E-state index contributed by atoms with van der Waals surface area (Å²) in [4.78, 5) is 35.2. The van der Waals surface area contributed by atoms with Crippen LogP contribution in [0.25, 0.3) is 22.8 Å². The Morgan fingerprint density at radius 2 is 1.86 bits per heavy atom. The van der Waals surface area contributed by atoms with Crippen molar-refractivity contribution in [2.45, 2.75) is 45.3 Å². The quantitative estimate of drug-likeness (QED) is 0.438. The smallest absolute Gasteiger partial charge is 0.351 e. The third-order valence-corrected chi connectivity index (χ3v) is 6.27. The van der Waals surface area contributed by atoms with Crippen LogP contribution in [-0.2, 0) is 11.3 Å². The monoisotopic (exact) mass is 508 g/mol. The lowest BCUT2D eigenvalue weighted by Gasteiger charge is -2.26. The van der Waals surface area contributed by atoms with Crippen LogP contribution < -0.4 is 11.0 Å². The first kappa shape index (κ1) is 24.8. The number of nitrogens with one attached hydrogen (secondary N) is 2. The number of carbonyl (C=O) groups is 1. The summed E-state index contributed by atoms with van der Waals surface area (Å²) < 4.78 is 53.5. The van der Waals surface area contributed by atoms with E-state index in [-0.39, 0.29) is 35.0 Å². The number of nitrogens with zero attached hydrogens (tertiary/aromatic N) is 2. The Morgan fingerprint density at radius 1 is 1.14 bits per heavy atom. The molecule has 35 heavy (non-hydrogen) atoms. The molecule has 2 N–H and O–H groups in total. The minimum Gasteiger partial charge on any atom is -0.351 e. The number of hydrogen-bond acceptors (Lipinski definition) is 4. The average Bonchev–Trinajstić information content (AvgIpc) is 3.62. The average molecular weight is 509 g/mol. The van der Waals surface area contributed by atoms with Gasteiger partial charge in [0.05, 0.1) is 5.02 Å². The molecule has 0 saturated heterocycles. The number of amides is 1. The lowest BCUT2D eigenvalue weighted by atomic mass is 9.91. The first-order chi connectivity index (χ1) is 16.4. The molecule has 1 heterocycles. The van der Waals surface area contributed by atoms with Gasteiger partial charge < -0.3 is 5.32 Å². The van der Waals surface area contributed by atoms with Crippen LogP contribution in [-0.4, -0.2) is 27.0 Å². The maximum absolute atomic E-state index is 14.1. The molecular weight excluding hydrogens is 488 g/mol. The van der Waals surface area contributed by atoms with Gasteiger partial charge in [-0.2, -0.15) is 18.2 Å². The van der Waals surface area contributed by atoms with Crippen molar-refractivity contribution < 1.29 is 22.4 Å². The molecule has 0 unspecified atom stereocenters. The van der Waals surface area contributed by atoms with Crippen LogP contribution in [0.2, 0.25) is 5.02 Å². The predicted octanol–water partition coefficient (Wildman–Crippen LogP) is 5.37. The second-order valence-corrected chi connectivity index (χ2v) is 9.36. The summed E-state index contributed by atoms with van der Waals surface area (Å²) in [5.74, 6) is -1.21. The number of carbonyl (C=O) groups excluding carboxylic acids is 1. The summed E-state index contributed by atoms with van der Waals surface area (Å²) >= 11 is 6.30. The minimum atomic E-state index is -4.71. The molecule has 2 aromatic carbocycles. The molecule has 3 aromatic rings. The van der Waals surface area contributed by atoms with Crippen LogP contribution in [0.1, 0.15) is 43.7 Å². The van der Waals surface area contributed by atoms with Crippen molar-refractivity contribution in [2.75, 3.05) is 0 Å². The number of aromatic amines is 1. The third kappa shape index (κ3) is 5.22. The Kier molecular flexibility index (Phi) is 6.44. The van der Waals surface area contributed by atoms with Gasteiger partial charge in [-0.25, -0.2) is 14.2 Å². The Balaban J connectivity index is 1.63. The summed E-state index contributed by atoms with van der Waals surface area (Å²) in [6.07, 6.45) is -2.93. The van der Waals surface area contributed by atoms with Gasteiger partial charge in [0.15, 0.2) is 5.82 Å². The summed E-state index contributed by atoms with van der Waals surface area (Å²) in [5.41, 5.74) is -1.53. The normalized spacial score (nSPS) is 14.1. The number of alkyl halides is 3. The maximum Gasteiger partial charge on any atom is 0.402 e. The molecule has 11 heteroatoms. The van der Waals surface area contributed by atoms with Crippen molar-refractivity contribution in [3.63, 3.8) is 0 Å². The van der Waals surface area contributed by atoms with E-state index in [4.69, 9.17) is 11.6 Å². The van der Waals surface area contributed by atoms with Crippen molar-refractivity contribution in [1.82, 2.24) is 20.3 Å². The second-order valence-electron chi connectivity index (χ2n) is 8.96. The van der Waals surface area contributed by atoms with Gasteiger partial charge in [-0.3, -0.25) is 9.78 Å². The molecule has 1 saturated carbocycles. The van der Waals surface area contributed by atoms with E-state index in [2.05, 4.69) is 20.3 Å². The maximum atomic E-state index is 14.1. The van der Waals surface area contributed by atoms with E-state index in [1.54, 1.807) is 6.07 Å². The fourth-order valence-electron chi connectivity index (χ4n) is 3.43. The van der Waals surface area contributed by atoms with Gasteiger partial charge in [0.1, 0.15) is 17.1 Å². The van der Waals surface area contributed by atoms with E-state index in [0.717, 1.165) is 26.7 Å². The van der Waals surface area contributed by atoms with Crippen molar-refractivity contribution in [2.24, 2.45) is 5.41 Å². The highest BCUT2D eigenvalue weighted by molar-refractivity contribution is 6.33. The molecule has 1 aliphatic rings. The van der Waals surface area contributed by atoms with Crippen molar-refractivity contribution >= 4 is 17.5 Å². The van der Waals surface area contributed by atoms with Gasteiger partial charge in [-0.15, -0.1) is 0 Å². The molecule has 0 spiro atoms. The standard InChI is InChI=1S/C24H21ClF4N4O2/c1-23(2,24(27,28)29)21(34)30-11-12-3-7-17(25)16(9-12)20-31-19(32-22(35)33-20)14-6-8-18(26)15(10-14)13-4-5-13/h3,6-10,13H,4-5,11H2,1-2H3,(H,30,34)(H,31,32,33,35). The highest BCUT2D eigenvalue weighted by Crippen LogP contribution is 2.42. The van der Waals surface area contributed by atoms with E-state index in [9.17, 15) is 27.2 Å². The molecule has 4 rings (SSSR count). The number of rotatable bonds is 6. The number of aromatic nitrogens is 3. The molecular formula is C24H21ClF4N4O2. The van der Waals surface area contributed by atoms with Crippen molar-refractivity contribution in [3.05, 3.63) is 68.8 Å². The fourth-order valence-corrected chi connectivity index (χ4v) is 3.63. The fraction of sp³-hybridized carbons (Fsp3) is 0.333.